The minimum absolute atomic E-state index is 0.0995. The first kappa shape index (κ1) is 12.7. The third-order valence-electron chi connectivity index (χ3n) is 2.01. The van der Waals surface area contributed by atoms with Crippen LogP contribution in [0.1, 0.15) is 0 Å². The van der Waals surface area contributed by atoms with Crippen molar-refractivity contribution in [2.75, 3.05) is 0 Å². The van der Waals surface area contributed by atoms with Gasteiger partial charge >= 0.3 is 0 Å². The minimum atomic E-state index is -3.88. The van der Waals surface area contributed by atoms with Crippen LogP contribution in [0, 0.1) is 0 Å². The topological polar surface area (TPSA) is 76.5 Å². The number of pyridine rings is 1. The Kier molecular flexibility index (Phi) is 3.40. The molecule has 1 N–H and O–H groups in total. The van der Waals surface area contributed by atoms with Crippen molar-refractivity contribution in [2.45, 2.75) is 5.03 Å². The molecule has 0 spiro atoms. The molecule has 0 aliphatic heterocycles. The molecule has 0 aliphatic carbocycles. The third-order valence-corrected chi connectivity index (χ3v) is 3.21. The van der Waals surface area contributed by atoms with Crippen LogP contribution in [0.5, 0.6) is 17.4 Å². The Bertz CT molecular complexity index is 655. The number of hydrogen-bond acceptors (Lipinski definition) is 5. The van der Waals surface area contributed by atoms with Gasteiger partial charge in [-0.3, -0.25) is 0 Å². The number of rotatable bonds is 3. The summed E-state index contributed by atoms with van der Waals surface area (Å²) in [6.07, 6.45) is 0. The number of aromatic hydroxyl groups is 1. The molecule has 1 heterocycles. The summed E-state index contributed by atoms with van der Waals surface area (Å²) in [4.78, 5) is 3.76. The summed E-state index contributed by atoms with van der Waals surface area (Å²) in [5.74, 6) is 0.624. The maximum atomic E-state index is 11.1. The van der Waals surface area contributed by atoms with Gasteiger partial charge in [-0.15, -0.1) is 0 Å². The van der Waals surface area contributed by atoms with E-state index < -0.39 is 9.05 Å². The summed E-state index contributed by atoms with van der Waals surface area (Å²) in [6, 6.07) is 10.2. The van der Waals surface area contributed by atoms with Gasteiger partial charge in [-0.1, -0.05) is 6.07 Å². The van der Waals surface area contributed by atoms with Gasteiger partial charge in [-0.2, -0.15) is 0 Å². The monoisotopic (exact) mass is 285 g/mol. The molecular weight excluding hydrogens is 278 g/mol. The second-order valence-electron chi connectivity index (χ2n) is 3.35. The van der Waals surface area contributed by atoms with Crippen molar-refractivity contribution in [3.63, 3.8) is 0 Å². The average molecular weight is 286 g/mol. The number of benzene rings is 1. The van der Waals surface area contributed by atoms with E-state index in [2.05, 4.69) is 4.98 Å². The maximum absolute atomic E-state index is 11.1. The Morgan fingerprint density at radius 3 is 2.39 bits per heavy atom. The fourth-order valence-electron chi connectivity index (χ4n) is 1.22. The molecule has 0 radical (unpaired) electrons. The normalized spacial score (nSPS) is 11.2. The van der Waals surface area contributed by atoms with Crippen LogP contribution in [0.3, 0.4) is 0 Å². The molecule has 7 heteroatoms. The van der Waals surface area contributed by atoms with Gasteiger partial charge in [0.05, 0.1) is 0 Å². The van der Waals surface area contributed by atoms with Crippen molar-refractivity contribution >= 4 is 19.7 Å². The molecule has 0 atom stereocenters. The number of phenols is 1. The van der Waals surface area contributed by atoms with Crippen LogP contribution < -0.4 is 4.74 Å². The molecule has 0 saturated heterocycles. The molecule has 2 aromatic rings. The first-order valence-electron chi connectivity index (χ1n) is 4.84. The van der Waals surface area contributed by atoms with Crippen molar-refractivity contribution in [1.82, 2.24) is 4.98 Å². The van der Waals surface area contributed by atoms with Crippen LogP contribution >= 0.6 is 10.7 Å². The molecule has 94 valence electrons. The molecule has 1 aromatic heterocycles. The highest BCUT2D eigenvalue weighted by Gasteiger charge is 2.12. The van der Waals surface area contributed by atoms with Gasteiger partial charge in [0.1, 0.15) is 11.5 Å². The van der Waals surface area contributed by atoms with E-state index in [-0.39, 0.29) is 16.7 Å². The highest BCUT2D eigenvalue weighted by molar-refractivity contribution is 8.13. The Labute approximate surface area is 108 Å². The third kappa shape index (κ3) is 3.12. The lowest BCUT2D eigenvalue weighted by atomic mass is 10.3. The van der Waals surface area contributed by atoms with E-state index >= 15 is 0 Å². The fraction of sp³-hybridized carbons (Fsp3) is 0. The molecule has 1 aromatic carbocycles. The summed E-state index contributed by atoms with van der Waals surface area (Å²) in [5, 5.41) is 8.83. The summed E-state index contributed by atoms with van der Waals surface area (Å²) in [6.45, 7) is 0. The Morgan fingerprint density at radius 1 is 1.11 bits per heavy atom. The van der Waals surface area contributed by atoms with Crippen LogP contribution in [0.2, 0.25) is 0 Å². The standard InChI is InChI=1S/C11H8ClNO4S/c12-18(15,16)11-3-1-2-10(13-11)17-9-6-4-8(14)5-7-9/h1-7,14H. The van der Waals surface area contributed by atoms with Gasteiger partial charge in [0, 0.05) is 16.7 Å². The van der Waals surface area contributed by atoms with E-state index in [1.165, 1.54) is 42.5 Å². The molecule has 0 unspecified atom stereocenters. The van der Waals surface area contributed by atoms with E-state index in [1.807, 2.05) is 0 Å². The maximum Gasteiger partial charge on any atom is 0.278 e. The SMILES string of the molecule is O=S(=O)(Cl)c1cccc(Oc2ccc(O)cc2)n1. The van der Waals surface area contributed by atoms with Gasteiger partial charge in [0.15, 0.2) is 5.03 Å². The predicted octanol–water partition coefficient (Wildman–Crippen LogP) is 2.51. The molecule has 0 amide bonds. The highest BCUT2D eigenvalue weighted by atomic mass is 35.7. The van der Waals surface area contributed by atoms with Crippen molar-refractivity contribution < 1.29 is 18.3 Å². The van der Waals surface area contributed by atoms with Gasteiger partial charge in [0.2, 0.25) is 5.88 Å². The number of hydrogen-bond donors (Lipinski definition) is 1. The summed E-state index contributed by atoms with van der Waals surface area (Å²) >= 11 is 0. The van der Waals surface area contributed by atoms with E-state index in [0.717, 1.165) is 0 Å². The molecule has 18 heavy (non-hydrogen) atoms. The van der Waals surface area contributed by atoms with Crippen LogP contribution in [-0.4, -0.2) is 18.5 Å². The van der Waals surface area contributed by atoms with Crippen molar-refractivity contribution in [2.24, 2.45) is 0 Å². The summed E-state index contributed by atoms with van der Waals surface area (Å²) in [7, 11) is 1.29. The van der Waals surface area contributed by atoms with Gasteiger partial charge < -0.3 is 9.84 Å². The van der Waals surface area contributed by atoms with Crippen molar-refractivity contribution in [1.29, 1.82) is 0 Å². The van der Waals surface area contributed by atoms with Crippen LogP contribution in [-0.2, 0) is 9.05 Å². The highest BCUT2D eigenvalue weighted by Crippen LogP contribution is 2.23. The Balaban J connectivity index is 2.27. The smallest absolute Gasteiger partial charge is 0.278 e. The lowest BCUT2D eigenvalue weighted by molar-refractivity contribution is 0.450. The second kappa shape index (κ2) is 4.83. The minimum Gasteiger partial charge on any atom is -0.508 e. The lowest BCUT2D eigenvalue weighted by Crippen LogP contribution is -1.96. The predicted molar refractivity (Wildman–Crippen MR) is 65.5 cm³/mol. The van der Waals surface area contributed by atoms with Gasteiger partial charge in [-0.05, 0) is 30.3 Å². The van der Waals surface area contributed by atoms with E-state index in [0.29, 0.717) is 5.75 Å². The van der Waals surface area contributed by atoms with E-state index in [1.54, 1.807) is 0 Å². The molecule has 0 aliphatic rings. The van der Waals surface area contributed by atoms with Crippen molar-refractivity contribution in [3.05, 3.63) is 42.5 Å². The first-order valence-corrected chi connectivity index (χ1v) is 7.15. The quantitative estimate of drug-likeness (QED) is 0.877. The fourth-order valence-corrected chi connectivity index (χ4v) is 1.92. The molecule has 0 saturated carbocycles. The number of aromatic nitrogens is 1. The van der Waals surface area contributed by atoms with Gasteiger partial charge in [-0.25, -0.2) is 13.4 Å². The molecule has 0 fully saturated rings. The Morgan fingerprint density at radius 2 is 1.78 bits per heavy atom. The number of ether oxygens (including phenoxy) is 1. The van der Waals surface area contributed by atoms with Crippen LogP contribution in [0.15, 0.2) is 47.5 Å². The summed E-state index contributed by atoms with van der Waals surface area (Å²) < 4.78 is 27.5. The van der Waals surface area contributed by atoms with Crippen LogP contribution in [0.4, 0.5) is 0 Å². The second-order valence-corrected chi connectivity index (χ2v) is 5.86. The lowest BCUT2D eigenvalue weighted by Gasteiger charge is -2.05. The van der Waals surface area contributed by atoms with E-state index in [4.69, 9.17) is 20.5 Å². The van der Waals surface area contributed by atoms with E-state index in [9.17, 15) is 8.42 Å². The first-order chi connectivity index (χ1) is 8.45. The zero-order chi connectivity index (χ0) is 13.2. The zero-order valence-corrected chi connectivity index (χ0v) is 10.5. The number of phenolic OH excluding ortho intramolecular Hbond substituents is 1. The largest absolute Gasteiger partial charge is 0.508 e. The van der Waals surface area contributed by atoms with Crippen LogP contribution in [0.25, 0.3) is 0 Å². The van der Waals surface area contributed by atoms with Crippen molar-refractivity contribution in [3.8, 4) is 17.4 Å². The molecule has 5 nitrogen and oxygen atoms in total. The molecule has 0 bridgehead atoms. The zero-order valence-electron chi connectivity index (χ0n) is 8.95. The Hall–Kier alpha value is -1.79. The number of halogens is 1. The summed E-state index contributed by atoms with van der Waals surface area (Å²) in [5.41, 5.74) is 0. The molecular formula is C11H8ClNO4S. The molecule has 2 rings (SSSR count). The number of nitrogens with zero attached hydrogens (tertiary/aromatic N) is 1. The van der Waals surface area contributed by atoms with Gasteiger partial charge in [0.25, 0.3) is 9.05 Å². The average Bonchev–Trinajstić information content (AvgIpc) is 2.31.